The molecule has 30 heavy (non-hydrogen) atoms. The van der Waals surface area contributed by atoms with Gasteiger partial charge in [-0.3, -0.25) is 4.98 Å². The SMILES string of the molecule is COCCN1C(=S)N[C@H](c2ccccn2)[C@H]1c1cc(C)n(-c2cccc(Br)c2)c1C. The molecule has 2 atom stereocenters. The number of nitrogens with zero attached hydrogens (tertiary/aromatic N) is 3. The fraction of sp³-hybridized carbons (Fsp3) is 0.304. The van der Waals surface area contributed by atoms with Gasteiger partial charge in [0, 0.05) is 41.4 Å². The topological polar surface area (TPSA) is 42.3 Å². The number of nitrogens with one attached hydrogen (secondary N) is 1. The molecule has 0 unspecified atom stereocenters. The zero-order chi connectivity index (χ0) is 21.3. The minimum absolute atomic E-state index is 0.0213. The maximum atomic E-state index is 5.72. The number of rotatable bonds is 6. The monoisotopic (exact) mass is 484 g/mol. The highest BCUT2D eigenvalue weighted by molar-refractivity contribution is 9.10. The maximum absolute atomic E-state index is 5.72. The lowest BCUT2D eigenvalue weighted by atomic mass is 9.97. The van der Waals surface area contributed by atoms with Crippen molar-refractivity contribution in [2.24, 2.45) is 0 Å². The van der Waals surface area contributed by atoms with Gasteiger partial charge >= 0.3 is 0 Å². The van der Waals surface area contributed by atoms with E-state index in [0.29, 0.717) is 6.61 Å². The number of hydrogen-bond acceptors (Lipinski definition) is 3. The molecule has 3 heterocycles. The summed E-state index contributed by atoms with van der Waals surface area (Å²) in [5.41, 5.74) is 5.75. The highest BCUT2D eigenvalue weighted by Gasteiger charge is 2.41. The van der Waals surface area contributed by atoms with Gasteiger partial charge < -0.3 is 19.5 Å². The lowest BCUT2D eigenvalue weighted by Crippen LogP contribution is -2.32. The second-order valence-corrected chi connectivity index (χ2v) is 8.76. The Labute approximate surface area is 191 Å². The van der Waals surface area contributed by atoms with Crippen LogP contribution in [0.1, 0.15) is 34.7 Å². The van der Waals surface area contributed by atoms with Crippen LogP contribution < -0.4 is 5.32 Å². The third-order valence-corrected chi connectivity index (χ3v) is 6.44. The Bertz CT molecular complexity index is 1050. The lowest BCUT2D eigenvalue weighted by Gasteiger charge is -2.28. The van der Waals surface area contributed by atoms with E-state index in [9.17, 15) is 0 Å². The number of halogens is 1. The Hall–Kier alpha value is -2.22. The third kappa shape index (κ3) is 3.89. The van der Waals surface area contributed by atoms with E-state index < -0.39 is 0 Å². The van der Waals surface area contributed by atoms with Gasteiger partial charge in [-0.05, 0) is 68.0 Å². The smallest absolute Gasteiger partial charge is 0.170 e. The molecular formula is C23H25BrN4OS. The first-order valence-electron chi connectivity index (χ1n) is 9.93. The summed E-state index contributed by atoms with van der Waals surface area (Å²) in [6.07, 6.45) is 1.83. The number of ether oxygens (including phenoxy) is 1. The number of methoxy groups -OCH3 is 1. The van der Waals surface area contributed by atoms with Gasteiger partial charge in [-0.1, -0.05) is 28.1 Å². The predicted molar refractivity (Wildman–Crippen MR) is 127 cm³/mol. The first kappa shape index (κ1) is 21.0. The van der Waals surface area contributed by atoms with Gasteiger partial charge in [0.05, 0.1) is 24.4 Å². The molecule has 1 aromatic carbocycles. The number of benzene rings is 1. The summed E-state index contributed by atoms with van der Waals surface area (Å²) >= 11 is 9.32. The molecular weight excluding hydrogens is 460 g/mol. The van der Waals surface area contributed by atoms with Gasteiger partial charge in [-0.15, -0.1) is 0 Å². The number of thiocarbonyl (C=S) groups is 1. The lowest BCUT2D eigenvalue weighted by molar-refractivity contribution is 0.164. The highest BCUT2D eigenvalue weighted by Crippen LogP contribution is 2.41. The molecule has 0 aliphatic carbocycles. The molecule has 156 valence electrons. The van der Waals surface area contributed by atoms with E-state index in [1.54, 1.807) is 7.11 Å². The van der Waals surface area contributed by atoms with E-state index in [1.165, 1.54) is 17.0 Å². The molecule has 5 nitrogen and oxygen atoms in total. The number of pyridine rings is 1. The molecule has 1 aliphatic rings. The molecule has 1 N–H and O–H groups in total. The molecule has 0 radical (unpaired) electrons. The summed E-state index contributed by atoms with van der Waals surface area (Å²) in [6.45, 7) is 5.65. The van der Waals surface area contributed by atoms with Crippen molar-refractivity contribution in [3.63, 3.8) is 0 Å². The van der Waals surface area contributed by atoms with Gasteiger partial charge in [0.15, 0.2) is 5.11 Å². The minimum Gasteiger partial charge on any atom is -0.383 e. The van der Waals surface area contributed by atoms with Crippen LogP contribution in [-0.4, -0.2) is 39.8 Å². The van der Waals surface area contributed by atoms with Gasteiger partial charge in [-0.2, -0.15) is 0 Å². The van der Waals surface area contributed by atoms with Gasteiger partial charge in [-0.25, -0.2) is 0 Å². The predicted octanol–water partition coefficient (Wildman–Crippen LogP) is 4.87. The van der Waals surface area contributed by atoms with Crippen molar-refractivity contribution in [2.75, 3.05) is 20.3 Å². The summed E-state index contributed by atoms with van der Waals surface area (Å²) in [5.74, 6) is 0. The third-order valence-electron chi connectivity index (χ3n) is 5.59. The van der Waals surface area contributed by atoms with E-state index in [0.717, 1.165) is 27.5 Å². The van der Waals surface area contributed by atoms with Crippen molar-refractivity contribution in [3.05, 3.63) is 81.8 Å². The molecule has 1 saturated heterocycles. The molecule has 2 aromatic heterocycles. The molecule has 3 aromatic rings. The van der Waals surface area contributed by atoms with Crippen LogP contribution in [-0.2, 0) is 4.74 Å². The average Bonchev–Trinajstić information content (AvgIpc) is 3.22. The Kier molecular flexibility index (Phi) is 6.22. The van der Waals surface area contributed by atoms with Crippen LogP contribution in [0.2, 0.25) is 0 Å². The quantitative estimate of drug-likeness (QED) is 0.505. The highest BCUT2D eigenvalue weighted by atomic mass is 79.9. The van der Waals surface area contributed by atoms with Crippen molar-refractivity contribution in [1.82, 2.24) is 19.8 Å². The van der Waals surface area contributed by atoms with Gasteiger partial charge in [0.1, 0.15) is 0 Å². The summed E-state index contributed by atoms with van der Waals surface area (Å²) < 4.78 is 8.72. The fourth-order valence-corrected chi connectivity index (χ4v) is 4.99. The van der Waals surface area contributed by atoms with Crippen LogP contribution in [0, 0.1) is 13.8 Å². The van der Waals surface area contributed by atoms with E-state index >= 15 is 0 Å². The summed E-state index contributed by atoms with van der Waals surface area (Å²) in [6, 6.07) is 16.7. The Balaban J connectivity index is 1.82. The van der Waals surface area contributed by atoms with Gasteiger partial charge in [0.2, 0.25) is 0 Å². The van der Waals surface area contributed by atoms with Crippen molar-refractivity contribution in [2.45, 2.75) is 25.9 Å². The maximum Gasteiger partial charge on any atom is 0.170 e. The molecule has 1 fully saturated rings. The summed E-state index contributed by atoms with van der Waals surface area (Å²) in [5, 5.41) is 4.24. The van der Waals surface area contributed by atoms with Crippen LogP contribution in [0.25, 0.3) is 5.69 Å². The Morgan fingerprint density at radius 1 is 1.17 bits per heavy atom. The van der Waals surface area contributed by atoms with E-state index in [1.807, 2.05) is 24.4 Å². The molecule has 0 saturated carbocycles. The van der Waals surface area contributed by atoms with Crippen LogP contribution in [0.3, 0.4) is 0 Å². The molecule has 1 aliphatic heterocycles. The largest absolute Gasteiger partial charge is 0.383 e. The number of hydrogen-bond donors (Lipinski definition) is 1. The van der Waals surface area contributed by atoms with Crippen molar-refractivity contribution >= 4 is 33.3 Å². The molecule has 0 spiro atoms. The number of aromatic nitrogens is 2. The molecule has 4 rings (SSSR count). The number of aryl methyl sites for hydroxylation is 1. The second kappa shape index (κ2) is 8.88. The molecule has 0 amide bonds. The van der Waals surface area contributed by atoms with E-state index in [-0.39, 0.29) is 12.1 Å². The first-order valence-corrected chi connectivity index (χ1v) is 11.1. The summed E-state index contributed by atoms with van der Waals surface area (Å²) in [7, 11) is 1.72. The minimum atomic E-state index is -0.0213. The second-order valence-electron chi connectivity index (χ2n) is 7.45. The normalized spacial score (nSPS) is 18.7. The fourth-order valence-electron chi connectivity index (χ4n) is 4.27. The Morgan fingerprint density at radius 3 is 2.70 bits per heavy atom. The van der Waals surface area contributed by atoms with Crippen LogP contribution in [0.5, 0.6) is 0 Å². The van der Waals surface area contributed by atoms with Crippen molar-refractivity contribution in [1.29, 1.82) is 0 Å². The van der Waals surface area contributed by atoms with Crippen LogP contribution in [0.15, 0.2) is 59.2 Å². The zero-order valence-corrected chi connectivity index (χ0v) is 19.7. The zero-order valence-electron chi connectivity index (χ0n) is 17.3. The van der Waals surface area contributed by atoms with Crippen molar-refractivity contribution < 1.29 is 4.74 Å². The standard InChI is InChI=1S/C23H25BrN4OS/c1-15-13-19(16(2)28(15)18-8-6-7-17(24)14-18)22-21(20-9-4-5-10-25-20)26-23(30)27(22)11-12-29-3/h4-10,13-14,21-22H,11-12H2,1-3H3,(H,26,30)/t21-,22-/m1/s1. The van der Waals surface area contributed by atoms with E-state index in [2.05, 4.69) is 79.9 Å². The van der Waals surface area contributed by atoms with E-state index in [4.69, 9.17) is 17.0 Å². The molecule has 0 bridgehead atoms. The van der Waals surface area contributed by atoms with Crippen molar-refractivity contribution in [3.8, 4) is 5.69 Å². The van der Waals surface area contributed by atoms with Crippen LogP contribution >= 0.6 is 28.1 Å². The first-order chi connectivity index (χ1) is 14.5. The van der Waals surface area contributed by atoms with Crippen LogP contribution in [0.4, 0.5) is 0 Å². The summed E-state index contributed by atoms with van der Waals surface area (Å²) in [4.78, 5) is 6.85. The van der Waals surface area contributed by atoms with Gasteiger partial charge in [0.25, 0.3) is 0 Å². The average molecular weight is 485 g/mol. The molecule has 7 heteroatoms. The Morgan fingerprint density at radius 2 is 2.00 bits per heavy atom.